The van der Waals surface area contributed by atoms with E-state index in [2.05, 4.69) is 86.7 Å². The molecule has 0 heteroatoms. The molecule has 4 rings (SSSR count). The third-order valence-electron chi connectivity index (χ3n) is 4.91. The zero-order chi connectivity index (χ0) is 15.2. The Morgan fingerprint density at radius 2 is 1.59 bits per heavy atom. The Hall–Kier alpha value is -2.34. The fraction of sp³-hybridized carbons (Fsp3) is 0.182. The molecule has 0 saturated heterocycles. The molecule has 0 atom stereocenters. The molecule has 0 aromatic heterocycles. The van der Waals surface area contributed by atoms with Crippen molar-refractivity contribution in [3.8, 4) is 0 Å². The predicted octanol–water partition coefficient (Wildman–Crippen LogP) is 5.77. The van der Waals surface area contributed by atoms with Gasteiger partial charge in [-0.2, -0.15) is 0 Å². The van der Waals surface area contributed by atoms with Gasteiger partial charge in [-0.1, -0.05) is 86.7 Å². The molecule has 0 N–H and O–H groups in total. The van der Waals surface area contributed by atoms with Gasteiger partial charge in [0.2, 0.25) is 0 Å². The highest BCUT2D eigenvalue weighted by Gasteiger charge is 2.37. The third kappa shape index (κ3) is 1.84. The molecule has 0 heterocycles. The Morgan fingerprint density at radius 3 is 2.41 bits per heavy atom. The smallest absolute Gasteiger partial charge is 0.0158 e. The summed E-state index contributed by atoms with van der Waals surface area (Å²) < 4.78 is 0. The van der Waals surface area contributed by atoms with Crippen LogP contribution < -0.4 is 0 Å². The van der Waals surface area contributed by atoms with Gasteiger partial charge in [0.1, 0.15) is 0 Å². The standard InChI is InChI=1S/C22H20/c1-22(2)19-14-8-7-13-18(19)21-17(12-6-9-15-20(21)22)16-10-4-3-5-11-16/h3-5,7-15H,6H2,1-2H3. The lowest BCUT2D eigenvalue weighted by Crippen LogP contribution is -2.15. The molecule has 0 bridgehead atoms. The summed E-state index contributed by atoms with van der Waals surface area (Å²) in [6.45, 7) is 4.68. The minimum absolute atomic E-state index is 0.0701. The molecule has 0 radical (unpaired) electrons. The number of hydrogen-bond donors (Lipinski definition) is 0. The first-order chi connectivity index (χ1) is 10.7. The maximum atomic E-state index is 2.37. The molecule has 0 amide bonds. The zero-order valence-electron chi connectivity index (χ0n) is 13.1. The highest BCUT2D eigenvalue weighted by atomic mass is 14.4. The summed E-state index contributed by atoms with van der Waals surface area (Å²) in [7, 11) is 0. The average molecular weight is 284 g/mol. The number of rotatable bonds is 1. The fourth-order valence-corrected chi connectivity index (χ4v) is 3.78. The van der Waals surface area contributed by atoms with Gasteiger partial charge in [0.25, 0.3) is 0 Å². The van der Waals surface area contributed by atoms with Crippen LogP contribution in [0.15, 0.2) is 78.4 Å². The minimum Gasteiger partial charge on any atom is -0.0804 e. The molecule has 0 nitrogen and oxygen atoms in total. The van der Waals surface area contributed by atoms with Crippen LogP contribution in [0.2, 0.25) is 0 Å². The van der Waals surface area contributed by atoms with E-state index in [4.69, 9.17) is 0 Å². The first-order valence-corrected chi connectivity index (χ1v) is 7.97. The van der Waals surface area contributed by atoms with Crippen LogP contribution in [-0.2, 0) is 5.41 Å². The molecule has 2 aromatic carbocycles. The number of allylic oxidation sites excluding steroid dienone is 6. The lowest BCUT2D eigenvalue weighted by atomic mass is 9.81. The number of hydrogen-bond acceptors (Lipinski definition) is 0. The van der Waals surface area contributed by atoms with Gasteiger partial charge in [-0.05, 0) is 39.8 Å². The van der Waals surface area contributed by atoms with Crippen molar-refractivity contribution < 1.29 is 0 Å². The van der Waals surface area contributed by atoms with Crippen molar-refractivity contribution >= 4 is 11.1 Å². The molecule has 0 unspecified atom stereocenters. The summed E-state index contributed by atoms with van der Waals surface area (Å²) in [4.78, 5) is 0. The molecule has 2 aromatic rings. The Kier molecular flexibility index (Phi) is 2.94. The molecule has 22 heavy (non-hydrogen) atoms. The van der Waals surface area contributed by atoms with E-state index in [1.165, 1.54) is 33.4 Å². The SMILES string of the molecule is CC1(C)C2=C(C(c3ccccc3)=CCC=C2)c2ccccc21. The van der Waals surface area contributed by atoms with E-state index in [0.29, 0.717) is 0 Å². The molecule has 2 aliphatic rings. The largest absolute Gasteiger partial charge is 0.0804 e. The summed E-state index contributed by atoms with van der Waals surface area (Å²) in [5.41, 5.74) is 8.45. The monoisotopic (exact) mass is 284 g/mol. The van der Waals surface area contributed by atoms with Crippen molar-refractivity contribution in [2.75, 3.05) is 0 Å². The van der Waals surface area contributed by atoms with E-state index >= 15 is 0 Å². The van der Waals surface area contributed by atoms with Crippen LogP contribution >= 0.6 is 0 Å². The molecule has 0 spiro atoms. The van der Waals surface area contributed by atoms with Crippen LogP contribution in [-0.4, -0.2) is 0 Å². The van der Waals surface area contributed by atoms with Crippen LogP contribution in [0, 0.1) is 0 Å². The normalized spacial score (nSPS) is 18.5. The van der Waals surface area contributed by atoms with Crippen LogP contribution in [0.4, 0.5) is 0 Å². The number of fused-ring (bicyclic) bond motifs is 2. The maximum Gasteiger partial charge on any atom is 0.0158 e. The molecule has 108 valence electrons. The summed E-state index contributed by atoms with van der Waals surface area (Å²) in [6.07, 6.45) is 7.99. The second-order valence-corrected chi connectivity index (χ2v) is 6.58. The molecule has 0 aliphatic heterocycles. The Bertz CT molecular complexity index is 814. The van der Waals surface area contributed by atoms with Gasteiger partial charge in [-0.25, -0.2) is 0 Å². The van der Waals surface area contributed by atoms with Gasteiger partial charge in [0, 0.05) is 5.41 Å². The highest BCUT2D eigenvalue weighted by Crippen LogP contribution is 2.52. The van der Waals surface area contributed by atoms with Crippen LogP contribution in [0.25, 0.3) is 11.1 Å². The third-order valence-corrected chi connectivity index (χ3v) is 4.91. The number of benzene rings is 2. The summed E-state index contributed by atoms with van der Waals surface area (Å²) in [5.74, 6) is 0. The minimum atomic E-state index is 0.0701. The quantitative estimate of drug-likeness (QED) is 0.623. The molecule has 0 fully saturated rings. The first kappa shape index (κ1) is 13.3. The first-order valence-electron chi connectivity index (χ1n) is 7.97. The van der Waals surface area contributed by atoms with Gasteiger partial charge >= 0.3 is 0 Å². The molecule has 0 saturated carbocycles. The topological polar surface area (TPSA) is 0 Å². The lowest BCUT2D eigenvalue weighted by Gasteiger charge is -2.22. The van der Waals surface area contributed by atoms with Gasteiger partial charge in [-0.3, -0.25) is 0 Å². The van der Waals surface area contributed by atoms with Crippen molar-refractivity contribution in [2.24, 2.45) is 0 Å². The van der Waals surface area contributed by atoms with Crippen molar-refractivity contribution in [3.63, 3.8) is 0 Å². The lowest BCUT2D eigenvalue weighted by molar-refractivity contribution is 0.654. The van der Waals surface area contributed by atoms with E-state index in [9.17, 15) is 0 Å². The van der Waals surface area contributed by atoms with Gasteiger partial charge in [0.15, 0.2) is 0 Å². The van der Waals surface area contributed by atoms with Crippen LogP contribution in [0.3, 0.4) is 0 Å². The van der Waals surface area contributed by atoms with Gasteiger partial charge < -0.3 is 0 Å². The van der Waals surface area contributed by atoms with E-state index in [0.717, 1.165) is 6.42 Å². The van der Waals surface area contributed by atoms with Crippen molar-refractivity contribution in [2.45, 2.75) is 25.7 Å². The second kappa shape index (κ2) is 4.84. The van der Waals surface area contributed by atoms with Gasteiger partial charge in [-0.15, -0.1) is 0 Å². The van der Waals surface area contributed by atoms with Crippen molar-refractivity contribution in [1.29, 1.82) is 0 Å². The molecular weight excluding hydrogens is 264 g/mol. The van der Waals surface area contributed by atoms with E-state index in [-0.39, 0.29) is 5.41 Å². The Balaban J connectivity index is 2.01. The molecular formula is C22H20. The predicted molar refractivity (Wildman–Crippen MR) is 94.6 cm³/mol. The van der Waals surface area contributed by atoms with Crippen molar-refractivity contribution in [1.82, 2.24) is 0 Å². The highest BCUT2D eigenvalue weighted by molar-refractivity contribution is 6.10. The second-order valence-electron chi connectivity index (χ2n) is 6.58. The molecule has 2 aliphatic carbocycles. The van der Waals surface area contributed by atoms with E-state index < -0.39 is 0 Å². The summed E-state index contributed by atoms with van der Waals surface area (Å²) in [5, 5.41) is 0. The fourth-order valence-electron chi connectivity index (χ4n) is 3.78. The summed E-state index contributed by atoms with van der Waals surface area (Å²) in [6, 6.07) is 19.6. The Morgan fingerprint density at radius 1 is 0.864 bits per heavy atom. The van der Waals surface area contributed by atoms with Crippen molar-refractivity contribution in [3.05, 3.63) is 95.1 Å². The van der Waals surface area contributed by atoms with E-state index in [1.807, 2.05) is 0 Å². The average Bonchev–Trinajstić information content (AvgIpc) is 2.71. The van der Waals surface area contributed by atoms with Crippen LogP contribution in [0.1, 0.15) is 37.0 Å². The van der Waals surface area contributed by atoms with Crippen LogP contribution in [0.5, 0.6) is 0 Å². The zero-order valence-corrected chi connectivity index (χ0v) is 13.1. The maximum absolute atomic E-state index is 2.37. The van der Waals surface area contributed by atoms with Gasteiger partial charge in [0.05, 0.1) is 0 Å². The summed E-state index contributed by atoms with van der Waals surface area (Å²) >= 11 is 0. The van der Waals surface area contributed by atoms with E-state index in [1.54, 1.807) is 0 Å². The Labute approximate surface area is 132 Å².